The van der Waals surface area contributed by atoms with Crippen LogP contribution in [0.4, 0.5) is 0 Å². The number of hydrogen-bond donors (Lipinski definition) is 0. The molecule has 1 fully saturated rings. The fourth-order valence-electron chi connectivity index (χ4n) is 1.78. The number of ether oxygens (including phenoxy) is 3. The van der Waals surface area contributed by atoms with Crippen molar-refractivity contribution in [2.75, 3.05) is 33.0 Å². The Hall–Kier alpha value is -0.740. The molecule has 0 aromatic carbocycles. The van der Waals surface area contributed by atoms with Gasteiger partial charge in [-0.15, -0.1) is 0 Å². The van der Waals surface area contributed by atoms with Gasteiger partial charge in [-0.25, -0.2) is 9.79 Å². The average Bonchev–Trinajstić information content (AvgIpc) is 2.37. The minimum atomic E-state index is -0.0421. The molecule has 1 aliphatic rings. The van der Waals surface area contributed by atoms with Gasteiger partial charge in [-0.3, -0.25) is 0 Å². The van der Waals surface area contributed by atoms with E-state index in [0.29, 0.717) is 26.4 Å². The van der Waals surface area contributed by atoms with Crippen molar-refractivity contribution in [2.24, 2.45) is 10.9 Å². The van der Waals surface area contributed by atoms with Gasteiger partial charge in [0.2, 0.25) is 6.08 Å². The lowest BCUT2D eigenvalue weighted by Gasteiger charge is -2.28. The molecule has 3 atom stereocenters. The normalized spacial score (nSPS) is 26.8. The Balaban J connectivity index is 2.35. The predicted octanol–water partition coefficient (Wildman–Crippen LogP) is 1.56. The summed E-state index contributed by atoms with van der Waals surface area (Å²) in [5.74, 6) is 0.254. The van der Waals surface area contributed by atoms with Crippen molar-refractivity contribution < 1.29 is 19.0 Å². The van der Waals surface area contributed by atoms with Gasteiger partial charge >= 0.3 is 0 Å². The minimum Gasteiger partial charge on any atom is -0.379 e. The summed E-state index contributed by atoms with van der Waals surface area (Å²) >= 11 is 0. The lowest BCUT2D eigenvalue weighted by Crippen LogP contribution is -2.37. The van der Waals surface area contributed by atoms with Crippen LogP contribution in [0.25, 0.3) is 0 Å². The van der Waals surface area contributed by atoms with Crippen LogP contribution in [-0.4, -0.2) is 51.3 Å². The SMILES string of the molecule is CCC(CN=C=O)COC1COCCCOC1C. The van der Waals surface area contributed by atoms with Crippen molar-refractivity contribution in [3.05, 3.63) is 0 Å². The van der Waals surface area contributed by atoms with E-state index in [1.54, 1.807) is 6.08 Å². The van der Waals surface area contributed by atoms with Crippen LogP contribution in [0.3, 0.4) is 0 Å². The van der Waals surface area contributed by atoms with E-state index in [1.807, 2.05) is 6.92 Å². The van der Waals surface area contributed by atoms with Crippen molar-refractivity contribution in [1.82, 2.24) is 0 Å². The molecule has 0 aromatic heterocycles. The lowest BCUT2D eigenvalue weighted by atomic mass is 10.1. The quantitative estimate of drug-likeness (QED) is 0.535. The van der Waals surface area contributed by atoms with Crippen LogP contribution < -0.4 is 0 Å². The molecular formula is C13H23NO4. The van der Waals surface area contributed by atoms with Crippen molar-refractivity contribution >= 4 is 6.08 Å². The number of rotatable bonds is 6. The molecule has 1 aliphatic heterocycles. The molecule has 5 nitrogen and oxygen atoms in total. The molecule has 0 spiro atoms. The molecule has 0 N–H and O–H groups in total. The van der Waals surface area contributed by atoms with E-state index < -0.39 is 0 Å². The summed E-state index contributed by atoms with van der Waals surface area (Å²) in [6.07, 6.45) is 3.42. The van der Waals surface area contributed by atoms with E-state index in [9.17, 15) is 4.79 Å². The fraction of sp³-hybridized carbons (Fsp3) is 0.923. The number of hydrogen-bond acceptors (Lipinski definition) is 5. The van der Waals surface area contributed by atoms with Crippen LogP contribution in [0.5, 0.6) is 0 Å². The molecular weight excluding hydrogens is 234 g/mol. The van der Waals surface area contributed by atoms with Crippen molar-refractivity contribution in [3.63, 3.8) is 0 Å². The van der Waals surface area contributed by atoms with Crippen LogP contribution in [0.1, 0.15) is 26.7 Å². The van der Waals surface area contributed by atoms with Gasteiger partial charge in [-0.1, -0.05) is 6.92 Å². The number of carbonyl (C=O) groups excluding carboxylic acids is 1. The highest BCUT2D eigenvalue weighted by molar-refractivity contribution is 5.32. The predicted molar refractivity (Wildman–Crippen MR) is 67.4 cm³/mol. The van der Waals surface area contributed by atoms with Gasteiger partial charge in [0.05, 0.1) is 25.9 Å². The molecule has 1 saturated heterocycles. The number of aliphatic imine (C=N–C) groups is 1. The van der Waals surface area contributed by atoms with Gasteiger partial charge in [0.25, 0.3) is 0 Å². The van der Waals surface area contributed by atoms with E-state index >= 15 is 0 Å². The first-order valence-electron chi connectivity index (χ1n) is 6.62. The third-order valence-electron chi connectivity index (χ3n) is 3.16. The van der Waals surface area contributed by atoms with Gasteiger partial charge in [0, 0.05) is 19.1 Å². The van der Waals surface area contributed by atoms with Crippen molar-refractivity contribution in [3.8, 4) is 0 Å². The van der Waals surface area contributed by atoms with E-state index in [2.05, 4.69) is 11.9 Å². The summed E-state index contributed by atoms with van der Waals surface area (Å²) in [6.45, 7) is 7.11. The Labute approximate surface area is 109 Å². The van der Waals surface area contributed by atoms with E-state index in [1.165, 1.54) is 0 Å². The van der Waals surface area contributed by atoms with Crippen molar-refractivity contribution in [2.45, 2.75) is 38.9 Å². The monoisotopic (exact) mass is 257 g/mol. The molecule has 0 aromatic rings. The summed E-state index contributed by atoms with van der Waals surface area (Å²) in [5.41, 5.74) is 0. The van der Waals surface area contributed by atoms with Gasteiger partial charge in [0.15, 0.2) is 0 Å². The third-order valence-corrected chi connectivity index (χ3v) is 3.16. The zero-order chi connectivity index (χ0) is 13.2. The highest BCUT2D eigenvalue weighted by atomic mass is 16.6. The Morgan fingerprint density at radius 1 is 1.50 bits per heavy atom. The second-order valence-corrected chi connectivity index (χ2v) is 4.58. The molecule has 1 rings (SSSR count). The lowest BCUT2D eigenvalue weighted by molar-refractivity contribution is -0.122. The van der Waals surface area contributed by atoms with Gasteiger partial charge in [-0.05, 0) is 19.8 Å². The highest BCUT2D eigenvalue weighted by Gasteiger charge is 2.22. The first-order chi connectivity index (χ1) is 8.77. The molecule has 3 unspecified atom stereocenters. The second-order valence-electron chi connectivity index (χ2n) is 4.58. The van der Waals surface area contributed by atoms with E-state index in [-0.39, 0.29) is 18.1 Å². The molecule has 104 valence electrons. The van der Waals surface area contributed by atoms with Crippen LogP contribution in [0.15, 0.2) is 4.99 Å². The van der Waals surface area contributed by atoms with Crippen LogP contribution in [0, 0.1) is 5.92 Å². The molecule has 0 aliphatic carbocycles. The highest BCUT2D eigenvalue weighted by Crippen LogP contribution is 2.12. The first kappa shape index (κ1) is 15.3. The first-order valence-corrected chi connectivity index (χ1v) is 6.62. The molecule has 0 amide bonds. The Bertz CT molecular complexity index is 266. The zero-order valence-corrected chi connectivity index (χ0v) is 11.3. The maximum atomic E-state index is 10.1. The molecule has 5 heteroatoms. The summed E-state index contributed by atoms with van der Waals surface area (Å²) in [6, 6.07) is 0. The van der Waals surface area contributed by atoms with Crippen LogP contribution >= 0.6 is 0 Å². The molecule has 18 heavy (non-hydrogen) atoms. The molecule has 0 saturated carbocycles. The van der Waals surface area contributed by atoms with Gasteiger partial charge in [-0.2, -0.15) is 0 Å². The van der Waals surface area contributed by atoms with Crippen LogP contribution in [0.2, 0.25) is 0 Å². The maximum absolute atomic E-state index is 10.1. The average molecular weight is 257 g/mol. The summed E-state index contributed by atoms with van der Waals surface area (Å²) in [5, 5.41) is 0. The summed E-state index contributed by atoms with van der Waals surface area (Å²) < 4.78 is 17.0. The Morgan fingerprint density at radius 3 is 3.06 bits per heavy atom. The maximum Gasteiger partial charge on any atom is 0.234 e. The minimum absolute atomic E-state index is 0.0392. The molecule has 0 bridgehead atoms. The second kappa shape index (κ2) is 9.22. The Morgan fingerprint density at radius 2 is 2.33 bits per heavy atom. The number of isocyanates is 1. The topological polar surface area (TPSA) is 57.1 Å². The molecule has 1 heterocycles. The van der Waals surface area contributed by atoms with Gasteiger partial charge in [0.1, 0.15) is 6.10 Å². The largest absolute Gasteiger partial charge is 0.379 e. The van der Waals surface area contributed by atoms with E-state index in [4.69, 9.17) is 14.2 Å². The zero-order valence-electron chi connectivity index (χ0n) is 11.3. The van der Waals surface area contributed by atoms with Crippen LogP contribution in [-0.2, 0) is 19.0 Å². The van der Waals surface area contributed by atoms with Crippen molar-refractivity contribution in [1.29, 1.82) is 0 Å². The number of nitrogens with zero attached hydrogens (tertiary/aromatic N) is 1. The Kier molecular flexibility index (Phi) is 7.85. The van der Waals surface area contributed by atoms with E-state index in [0.717, 1.165) is 19.4 Å². The third kappa shape index (κ3) is 5.74. The van der Waals surface area contributed by atoms with Gasteiger partial charge < -0.3 is 14.2 Å². The summed E-state index contributed by atoms with van der Waals surface area (Å²) in [7, 11) is 0. The standard InChI is InChI=1S/C13H23NO4/c1-3-12(7-14-10-15)8-18-13-9-16-5-4-6-17-11(13)2/h11-13H,3-9H2,1-2H3. The summed E-state index contributed by atoms with van der Waals surface area (Å²) in [4.78, 5) is 13.7. The smallest absolute Gasteiger partial charge is 0.234 e. The fourth-order valence-corrected chi connectivity index (χ4v) is 1.78. The molecule has 0 radical (unpaired) electrons.